The number of aliphatic hydroxyl groups excluding tert-OH is 1. The molecule has 1 fully saturated rings. The van der Waals surface area contributed by atoms with Gasteiger partial charge in [-0.2, -0.15) is 0 Å². The summed E-state index contributed by atoms with van der Waals surface area (Å²) in [5, 5.41) is 21.8. The summed E-state index contributed by atoms with van der Waals surface area (Å²) in [6.07, 6.45) is -0.876. The van der Waals surface area contributed by atoms with E-state index in [4.69, 9.17) is 4.74 Å². The van der Waals surface area contributed by atoms with Gasteiger partial charge in [-0.05, 0) is 24.1 Å². The zero-order valence-corrected chi connectivity index (χ0v) is 20.0. The Morgan fingerprint density at radius 1 is 1.12 bits per heavy atom. The molecule has 1 saturated heterocycles. The van der Waals surface area contributed by atoms with Gasteiger partial charge in [0, 0.05) is 22.6 Å². The summed E-state index contributed by atoms with van der Waals surface area (Å²) in [6.45, 7) is 3.29. The van der Waals surface area contributed by atoms with Crippen molar-refractivity contribution in [2.75, 3.05) is 6.61 Å². The summed E-state index contributed by atoms with van der Waals surface area (Å²) in [5.41, 5.74) is 2.87. The van der Waals surface area contributed by atoms with E-state index in [2.05, 4.69) is 0 Å². The van der Waals surface area contributed by atoms with Crippen LogP contribution in [0, 0.1) is 11.8 Å². The molecule has 3 unspecified atom stereocenters. The summed E-state index contributed by atoms with van der Waals surface area (Å²) in [7, 11) is 0. The fraction of sp³-hybridized carbons (Fsp3) is 0.292. The van der Waals surface area contributed by atoms with Gasteiger partial charge in [-0.1, -0.05) is 43.3 Å². The minimum absolute atomic E-state index is 0. The predicted molar refractivity (Wildman–Crippen MR) is 108 cm³/mol. The van der Waals surface area contributed by atoms with Crippen LogP contribution in [-0.2, 0) is 9.59 Å². The van der Waals surface area contributed by atoms with E-state index < -0.39 is 29.9 Å². The van der Waals surface area contributed by atoms with Crippen molar-refractivity contribution < 1.29 is 58.9 Å². The molecule has 7 nitrogen and oxygen atoms in total. The van der Waals surface area contributed by atoms with Crippen LogP contribution in [0.25, 0.3) is 11.1 Å². The summed E-state index contributed by atoms with van der Waals surface area (Å²) in [5.74, 6) is -2.41. The number of carboxylic acid groups (broad SMARTS) is 1. The maximum absolute atomic E-state index is 12.7. The van der Waals surface area contributed by atoms with E-state index in [9.17, 15) is 24.6 Å². The molecule has 1 amide bonds. The van der Waals surface area contributed by atoms with E-state index in [-0.39, 0.29) is 53.6 Å². The number of benzene rings is 2. The normalized spacial score (nSPS) is 23.7. The van der Waals surface area contributed by atoms with Crippen LogP contribution in [0.2, 0.25) is 0 Å². The Kier molecular flexibility index (Phi) is 5.79. The molecule has 2 aromatic carbocycles. The predicted octanol–water partition coefficient (Wildman–Crippen LogP) is -1.86. The molecule has 2 heterocycles. The molecule has 3 aliphatic rings. The van der Waals surface area contributed by atoms with Crippen LogP contribution in [0.15, 0.2) is 53.7 Å². The molecule has 0 aromatic heterocycles. The first-order chi connectivity index (χ1) is 14.8. The van der Waals surface area contributed by atoms with Crippen molar-refractivity contribution in [3.63, 3.8) is 0 Å². The van der Waals surface area contributed by atoms with Crippen LogP contribution in [0.3, 0.4) is 0 Å². The topological polar surface area (TPSA) is 107 Å². The smallest absolute Gasteiger partial charge is 0.543 e. The standard InChI is InChI=1S/C24H21NO6.Na/c1-11-16(21(24(29)30)25-20(11)18(12(2)26)23(25)28)10-31-17-9-5-8-15-19(17)13-6-3-4-7-14(13)22(15)27;/h3-9,11-12,18,20,26H,10H2,1-2H3,(H,29,30);/q;+1/p-1/t11-,12?,18?,20?;/m0./s1. The number of aliphatic hydroxyl groups is 1. The third-order valence-electron chi connectivity index (χ3n) is 6.60. The van der Waals surface area contributed by atoms with Crippen LogP contribution in [0.4, 0.5) is 0 Å². The van der Waals surface area contributed by atoms with E-state index in [1.807, 2.05) is 19.1 Å². The Balaban J connectivity index is 0.00000245. The fourth-order valence-corrected chi connectivity index (χ4v) is 5.14. The second-order valence-electron chi connectivity index (χ2n) is 8.26. The molecule has 158 valence electrons. The largest absolute Gasteiger partial charge is 1.00 e. The van der Waals surface area contributed by atoms with Gasteiger partial charge in [-0.25, -0.2) is 0 Å². The van der Waals surface area contributed by atoms with Gasteiger partial charge in [0.15, 0.2) is 5.78 Å². The molecule has 2 aromatic rings. The van der Waals surface area contributed by atoms with Crippen LogP contribution < -0.4 is 39.4 Å². The maximum atomic E-state index is 12.7. The number of ketones is 1. The first-order valence-electron chi connectivity index (χ1n) is 10.2. The van der Waals surface area contributed by atoms with Crippen molar-refractivity contribution in [3.05, 3.63) is 64.9 Å². The van der Waals surface area contributed by atoms with Crippen molar-refractivity contribution in [3.8, 4) is 16.9 Å². The number of carbonyl (C=O) groups is 3. The monoisotopic (exact) mass is 441 g/mol. The molecule has 0 bridgehead atoms. The molecular formula is C24H20NNaO6. The SMILES string of the molecule is CC(O)C1C(=O)N2C(C(=O)[O-])=C(COc3cccc4c3-c3ccccc3C4=O)[C@H](C)C12.[Na+]. The average molecular weight is 441 g/mol. The third-order valence-corrected chi connectivity index (χ3v) is 6.60. The molecule has 5 rings (SSSR count). The van der Waals surface area contributed by atoms with Gasteiger partial charge in [0.05, 0.1) is 29.7 Å². The van der Waals surface area contributed by atoms with Gasteiger partial charge in [0.2, 0.25) is 5.91 Å². The number of amides is 1. The quantitative estimate of drug-likeness (QED) is 0.368. The van der Waals surface area contributed by atoms with Crippen molar-refractivity contribution in [1.29, 1.82) is 0 Å². The minimum Gasteiger partial charge on any atom is -0.543 e. The number of carboxylic acids is 1. The van der Waals surface area contributed by atoms with E-state index in [0.717, 1.165) is 5.56 Å². The minimum atomic E-state index is -1.44. The van der Waals surface area contributed by atoms with Crippen molar-refractivity contribution in [2.45, 2.75) is 26.0 Å². The second kappa shape index (κ2) is 8.15. The van der Waals surface area contributed by atoms with Crippen molar-refractivity contribution in [1.82, 2.24) is 4.90 Å². The first-order valence-corrected chi connectivity index (χ1v) is 10.2. The molecule has 0 radical (unpaired) electrons. The van der Waals surface area contributed by atoms with Crippen molar-refractivity contribution in [2.24, 2.45) is 11.8 Å². The van der Waals surface area contributed by atoms with Crippen LogP contribution in [-0.4, -0.2) is 46.4 Å². The van der Waals surface area contributed by atoms with E-state index in [1.54, 1.807) is 30.3 Å². The van der Waals surface area contributed by atoms with Crippen molar-refractivity contribution >= 4 is 17.7 Å². The molecule has 0 saturated carbocycles. The Labute approximate surface area is 207 Å². The van der Waals surface area contributed by atoms with E-state index in [0.29, 0.717) is 28.0 Å². The van der Waals surface area contributed by atoms with Gasteiger partial charge < -0.3 is 24.6 Å². The molecule has 8 heteroatoms. The van der Waals surface area contributed by atoms with E-state index in [1.165, 1.54) is 11.8 Å². The molecular weight excluding hydrogens is 421 g/mol. The molecule has 1 aliphatic carbocycles. The molecule has 1 N–H and O–H groups in total. The zero-order chi connectivity index (χ0) is 22.0. The second-order valence-corrected chi connectivity index (χ2v) is 8.26. The fourth-order valence-electron chi connectivity index (χ4n) is 5.14. The Morgan fingerprint density at radius 2 is 1.78 bits per heavy atom. The average Bonchev–Trinajstić information content (AvgIpc) is 3.16. The molecule has 32 heavy (non-hydrogen) atoms. The first kappa shape index (κ1) is 22.7. The zero-order valence-electron chi connectivity index (χ0n) is 18.0. The third kappa shape index (κ3) is 3.07. The van der Waals surface area contributed by atoms with Crippen LogP contribution in [0.5, 0.6) is 5.75 Å². The number of nitrogens with zero attached hydrogens (tertiary/aromatic N) is 1. The van der Waals surface area contributed by atoms with Gasteiger partial charge in [-0.3, -0.25) is 9.59 Å². The summed E-state index contributed by atoms with van der Waals surface area (Å²) >= 11 is 0. The number of hydrogen-bond donors (Lipinski definition) is 1. The van der Waals surface area contributed by atoms with Gasteiger partial charge in [0.25, 0.3) is 0 Å². The Bertz CT molecular complexity index is 1190. The van der Waals surface area contributed by atoms with Crippen LogP contribution in [0.1, 0.15) is 29.8 Å². The molecule has 0 spiro atoms. The number of rotatable bonds is 5. The van der Waals surface area contributed by atoms with Gasteiger partial charge in [-0.15, -0.1) is 0 Å². The Morgan fingerprint density at radius 3 is 2.44 bits per heavy atom. The number of ether oxygens (including phenoxy) is 1. The van der Waals surface area contributed by atoms with Crippen LogP contribution >= 0.6 is 0 Å². The van der Waals surface area contributed by atoms with Gasteiger partial charge >= 0.3 is 29.6 Å². The number of fused-ring (bicyclic) bond motifs is 4. The number of carbonyl (C=O) groups excluding carboxylic acids is 3. The molecule has 4 atom stereocenters. The number of β-lactam (4-membered cyclic amide) rings is 1. The summed E-state index contributed by atoms with van der Waals surface area (Å²) in [4.78, 5) is 38.2. The van der Waals surface area contributed by atoms with Gasteiger partial charge in [0.1, 0.15) is 12.4 Å². The summed E-state index contributed by atoms with van der Waals surface area (Å²) in [6, 6.07) is 12.1. The Hall–Kier alpha value is -2.45. The maximum Gasteiger partial charge on any atom is 1.00 e. The number of hydrogen-bond acceptors (Lipinski definition) is 6. The molecule has 2 aliphatic heterocycles. The van der Waals surface area contributed by atoms with E-state index >= 15 is 0 Å². The number of aliphatic carboxylic acids is 1. The summed E-state index contributed by atoms with van der Waals surface area (Å²) < 4.78 is 6.04.